The summed E-state index contributed by atoms with van der Waals surface area (Å²) in [5.74, 6) is -0.549. The van der Waals surface area contributed by atoms with E-state index in [1.807, 2.05) is 20.8 Å². The average Bonchev–Trinajstić information content (AvgIpc) is 3.21. The van der Waals surface area contributed by atoms with E-state index in [2.05, 4.69) is 20.8 Å². The van der Waals surface area contributed by atoms with Gasteiger partial charge in [0.25, 0.3) is 0 Å². The maximum atomic E-state index is 12.6. The Kier molecular flexibility index (Phi) is 8.16. The molecule has 2 amide bonds. The largest absolute Gasteiger partial charge is 0.508 e. The molecule has 0 radical (unpaired) electrons. The topological polar surface area (TPSA) is 164 Å². The number of rotatable bonds is 10. The SMILES string of the molecule is CCC(C)[C@H](NC(=O)N[C@@H](Cc1ccc(O)cc1)C(=O)O)c1nc([C@@H](N)CC)no1. The van der Waals surface area contributed by atoms with Crippen molar-refractivity contribution in [2.24, 2.45) is 11.7 Å². The molecule has 1 aromatic carbocycles. The molecule has 10 heteroatoms. The van der Waals surface area contributed by atoms with Gasteiger partial charge in [0.2, 0.25) is 5.89 Å². The van der Waals surface area contributed by atoms with E-state index < -0.39 is 24.1 Å². The molecule has 0 saturated heterocycles. The van der Waals surface area contributed by atoms with E-state index in [1.165, 1.54) is 12.1 Å². The van der Waals surface area contributed by atoms with Crippen molar-refractivity contribution in [3.63, 3.8) is 0 Å². The normalized spacial score (nSPS) is 15.1. The van der Waals surface area contributed by atoms with E-state index in [0.29, 0.717) is 17.8 Å². The Hall–Kier alpha value is -3.14. The minimum Gasteiger partial charge on any atom is -0.508 e. The van der Waals surface area contributed by atoms with Crippen molar-refractivity contribution < 1.29 is 24.3 Å². The van der Waals surface area contributed by atoms with Gasteiger partial charge in [-0.25, -0.2) is 9.59 Å². The van der Waals surface area contributed by atoms with Crippen LogP contribution in [0, 0.1) is 5.92 Å². The molecular formula is C20H29N5O5. The molecule has 6 N–H and O–H groups in total. The highest BCUT2D eigenvalue weighted by Crippen LogP contribution is 2.24. The molecule has 1 heterocycles. The van der Waals surface area contributed by atoms with Gasteiger partial charge in [-0.1, -0.05) is 44.5 Å². The van der Waals surface area contributed by atoms with Crippen molar-refractivity contribution >= 4 is 12.0 Å². The zero-order valence-electron chi connectivity index (χ0n) is 17.3. The number of aromatic nitrogens is 2. The molecule has 0 bridgehead atoms. The summed E-state index contributed by atoms with van der Waals surface area (Å²) in [5.41, 5.74) is 6.59. The van der Waals surface area contributed by atoms with Crippen LogP contribution in [-0.4, -0.2) is 38.4 Å². The average molecular weight is 419 g/mol. The first kappa shape index (κ1) is 23.1. The van der Waals surface area contributed by atoms with Crippen LogP contribution >= 0.6 is 0 Å². The minimum atomic E-state index is -1.17. The summed E-state index contributed by atoms with van der Waals surface area (Å²) in [6.07, 6.45) is 1.42. The van der Waals surface area contributed by atoms with Gasteiger partial charge in [-0.3, -0.25) is 0 Å². The Bertz CT molecular complexity index is 838. The van der Waals surface area contributed by atoms with E-state index in [-0.39, 0.29) is 30.0 Å². The number of phenols is 1. The van der Waals surface area contributed by atoms with Crippen LogP contribution in [0.2, 0.25) is 0 Å². The zero-order chi connectivity index (χ0) is 22.3. The molecule has 0 aliphatic carbocycles. The molecule has 164 valence electrons. The standard InChI is InChI=1S/C20H29N5O5/c1-4-11(3)16(18-24-17(25-30-18)14(21)5-2)23-20(29)22-15(19(27)28)10-12-6-8-13(26)9-7-12/h6-9,11,14-16,26H,4-5,10,21H2,1-3H3,(H,27,28)(H2,22,23,29)/t11?,14-,15-,16-/m0/s1. The molecule has 4 atom stereocenters. The van der Waals surface area contributed by atoms with Crippen LogP contribution < -0.4 is 16.4 Å². The zero-order valence-corrected chi connectivity index (χ0v) is 17.3. The van der Waals surface area contributed by atoms with Crippen molar-refractivity contribution in [3.8, 4) is 5.75 Å². The Morgan fingerprint density at radius 3 is 2.40 bits per heavy atom. The van der Waals surface area contributed by atoms with Crippen molar-refractivity contribution in [3.05, 3.63) is 41.5 Å². The summed E-state index contributed by atoms with van der Waals surface area (Å²) >= 11 is 0. The van der Waals surface area contributed by atoms with Crippen LogP contribution in [0.5, 0.6) is 5.75 Å². The third-order valence-corrected chi connectivity index (χ3v) is 4.97. The fraction of sp³-hybridized carbons (Fsp3) is 0.500. The number of benzene rings is 1. The molecule has 0 spiro atoms. The van der Waals surface area contributed by atoms with E-state index >= 15 is 0 Å². The molecule has 2 aromatic rings. The first-order valence-corrected chi connectivity index (χ1v) is 9.91. The number of phenolic OH excluding ortho intramolecular Hbond substituents is 1. The predicted octanol–water partition coefficient (Wildman–Crippen LogP) is 2.27. The van der Waals surface area contributed by atoms with Gasteiger partial charge in [0, 0.05) is 6.42 Å². The third-order valence-electron chi connectivity index (χ3n) is 4.97. The van der Waals surface area contributed by atoms with Crippen LogP contribution in [0.25, 0.3) is 0 Å². The van der Waals surface area contributed by atoms with E-state index in [0.717, 1.165) is 6.42 Å². The number of aromatic hydroxyl groups is 1. The first-order valence-electron chi connectivity index (χ1n) is 9.91. The van der Waals surface area contributed by atoms with Crippen molar-refractivity contribution in [1.29, 1.82) is 0 Å². The van der Waals surface area contributed by atoms with E-state index in [9.17, 15) is 19.8 Å². The highest BCUT2D eigenvalue weighted by Gasteiger charge is 2.29. The lowest BCUT2D eigenvalue weighted by molar-refractivity contribution is -0.139. The third kappa shape index (κ3) is 6.18. The van der Waals surface area contributed by atoms with Crippen LogP contribution in [0.4, 0.5) is 4.79 Å². The van der Waals surface area contributed by atoms with E-state index in [1.54, 1.807) is 12.1 Å². The number of amides is 2. The molecule has 1 unspecified atom stereocenters. The highest BCUT2D eigenvalue weighted by atomic mass is 16.5. The summed E-state index contributed by atoms with van der Waals surface area (Å²) in [7, 11) is 0. The molecule has 1 aromatic heterocycles. The number of hydrogen-bond donors (Lipinski definition) is 5. The maximum absolute atomic E-state index is 12.6. The van der Waals surface area contributed by atoms with Gasteiger partial charge in [-0.05, 0) is 30.0 Å². The molecule has 0 aliphatic rings. The molecule has 0 fully saturated rings. The van der Waals surface area contributed by atoms with Gasteiger partial charge < -0.3 is 31.1 Å². The van der Waals surface area contributed by atoms with Gasteiger partial charge in [-0.2, -0.15) is 4.98 Å². The predicted molar refractivity (Wildman–Crippen MR) is 109 cm³/mol. The lowest BCUT2D eigenvalue weighted by atomic mass is 9.99. The van der Waals surface area contributed by atoms with Gasteiger partial charge in [0.05, 0.1) is 6.04 Å². The number of carbonyl (C=O) groups excluding carboxylic acids is 1. The summed E-state index contributed by atoms with van der Waals surface area (Å²) in [6, 6.07) is 3.35. The van der Waals surface area contributed by atoms with Crippen LogP contribution in [-0.2, 0) is 11.2 Å². The molecule has 30 heavy (non-hydrogen) atoms. The van der Waals surface area contributed by atoms with Crippen LogP contribution in [0.3, 0.4) is 0 Å². The number of nitrogens with two attached hydrogens (primary N) is 1. The van der Waals surface area contributed by atoms with Crippen LogP contribution in [0.1, 0.15) is 63.0 Å². The summed E-state index contributed by atoms with van der Waals surface area (Å²) in [4.78, 5) is 28.5. The van der Waals surface area contributed by atoms with Crippen molar-refractivity contribution in [2.75, 3.05) is 0 Å². The number of nitrogens with one attached hydrogen (secondary N) is 2. The highest BCUT2D eigenvalue weighted by molar-refractivity contribution is 5.83. The quantitative estimate of drug-likeness (QED) is 0.391. The van der Waals surface area contributed by atoms with Crippen LogP contribution in [0.15, 0.2) is 28.8 Å². The smallest absolute Gasteiger partial charge is 0.326 e. The second-order valence-corrected chi connectivity index (χ2v) is 7.25. The number of hydrogen-bond acceptors (Lipinski definition) is 7. The molecule has 0 aliphatic heterocycles. The Morgan fingerprint density at radius 1 is 1.17 bits per heavy atom. The number of urea groups is 1. The molecule has 0 saturated carbocycles. The second kappa shape index (κ2) is 10.6. The number of carbonyl (C=O) groups is 2. The minimum absolute atomic E-state index is 0.0396. The Balaban J connectivity index is 2.10. The number of carboxylic acids is 1. The van der Waals surface area contributed by atoms with Gasteiger partial charge in [0.15, 0.2) is 5.82 Å². The molecule has 2 rings (SSSR count). The lowest BCUT2D eigenvalue weighted by Gasteiger charge is -2.22. The number of carboxylic acid groups (broad SMARTS) is 1. The molecule has 10 nitrogen and oxygen atoms in total. The monoisotopic (exact) mass is 419 g/mol. The van der Waals surface area contributed by atoms with Crippen molar-refractivity contribution in [2.45, 2.75) is 58.2 Å². The van der Waals surface area contributed by atoms with Crippen molar-refractivity contribution in [1.82, 2.24) is 20.8 Å². The molecular weight excluding hydrogens is 390 g/mol. The lowest BCUT2D eigenvalue weighted by Crippen LogP contribution is -2.48. The number of nitrogens with zero attached hydrogens (tertiary/aromatic N) is 2. The fourth-order valence-electron chi connectivity index (χ4n) is 2.80. The number of aliphatic carboxylic acids is 1. The summed E-state index contributed by atoms with van der Waals surface area (Å²) in [6.45, 7) is 5.77. The van der Waals surface area contributed by atoms with Gasteiger partial charge >= 0.3 is 12.0 Å². The summed E-state index contributed by atoms with van der Waals surface area (Å²) < 4.78 is 5.31. The Labute approximate surface area is 174 Å². The van der Waals surface area contributed by atoms with Gasteiger partial charge in [-0.15, -0.1) is 0 Å². The Morgan fingerprint density at radius 2 is 1.83 bits per heavy atom. The van der Waals surface area contributed by atoms with E-state index in [4.69, 9.17) is 10.3 Å². The first-order chi connectivity index (χ1) is 14.2. The van der Waals surface area contributed by atoms with Gasteiger partial charge in [0.1, 0.15) is 17.8 Å². The maximum Gasteiger partial charge on any atom is 0.326 e. The second-order valence-electron chi connectivity index (χ2n) is 7.25. The fourth-order valence-corrected chi connectivity index (χ4v) is 2.80. The summed E-state index contributed by atoms with van der Waals surface area (Å²) in [5, 5.41) is 27.9.